The van der Waals surface area contributed by atoms with Crippen molar-refractivity contribution in [2.45, 2.75) is 19.4 Å². The molecular weight excluding hydrogens is 304 g/mol. The smallest absolute Gasteiger partial charge is 0.258 e. The van der Waals surface area contributed by atoms with Crippen molar-refractivity contribution >= 4 is 17.5 Å². The number of carbonyl (C=O) groups excluding carboxylic acids is 2. The fourth-order valence-corrected chi connectivity index (χ4v) is 2.70. The maximum absolute atomic E-state index is 12.5. The molecule has 1 N–H and O–H groups in total. The minimum Gasteiger partial charge on any atom is -0.484 e. The molecule has 0 bridgehead atoms. The van der Waals surface area contributed by atoms with E-state index in [0.717, 1.165) is 11.3 Å². The number of carbonyl (C=O) groups is 2. The largest absolute Gasteiger partial charge is 0.484 e. The van der Waals surface area contributed by atoms with Gasteiger partial charge in [-0.25, -0.2) is 0 Å². The Kier molecular flexibility index (Phi) is 4.79. The quantitative estimate of drug-likeness (QED) is 0.918. The number of nitrogens with one attached hydrogen (secondary N) is 1. The Bertz CT molecular complexity index is 713. The van der Waals surface area contributed by atoms with Crippen molar-refractivity contribution in [1.29, 1.82) is 0 Å². The van der Waals surface area contributed by atoms with Crippen LogP contribution in [0.25, 0.3) is 0 Å². The Labute approximate surface area is 141 Å². The molecule has 1 heterocycles. The monoisotopic (exact) mass is 324 g/mol. The Hall–Kier alpha value is -2.82. The van der Waals surface area contributed by atoms with Crippen LogP contribution in [0, 0.1) is 6.92 Å². The zero-order valence-corrected chi connectivity index (χ0v) is 13.6. The number of hydrogen-bond acceptors (Lipinski definition) is 3. The van der Waals surface area contributed by atoms with Crippen LogP contribution in [0.4, 0.5) is 5.69 Å². The molecule has 124 valence electrons. The Morgan fingerprint density at radius 1 is 1.17 bits per heavy atom. The van der Waals surface area contributed by atoms with E-state index in [1.165, 1.54) is 0 Å². The average molecular weight is 324 g/mol. The van der Waals surface area contributed by atoms with Crippen molar-refractivity contribution in [3.63, 3.8) is 0 Å². The molecule has 1 aliphatic heterocycles. The SMILES string of the molecule is Cc1ccc(N2CC[C@H](NC(=O)COc3ccccc3)C2=O)cc1. The maximum Gasteiger partial charge on any atom is 0.258 e. The molecule has 24 heavy (non-hydrogen) atoms. The van der Waals surface area contributed by atoms with Crippen LogP contribution in [0.15, 0.2) is 54.6 Å². The summed E-state index contributed by atoms with van der Waals surface area (Å²) in [6.45, 7) is 2.51. The van der Waals surface area contributed by atoms with Gasteiger partial charge in [0, 0.05) is 12.2 Å². The summed E-state index contributed by atoms with van der Waals surface area (Å²) >= 11 is 0. The molecule has 0 saturated carbocycles. The molecule has 5 nitrogen and oxygen atoms in total. The zero-order valence-electron chi connectivity index (χ0n) is 13.6. The summed E-state index contributed by atoms with van der Waals surface area (Å²) in [7, 11) is 0. The Morgan fingerprint density at radius 3 is 2.58 bits per heavy atom. The van der Waals surface area contributed by atoms with Crippen molar-refractivity contribution in [1.82, 2.24) is 5.32 Å². The van der Waals surface area contributed by atoms with Gasteiger partial charge in [0.25, 0.3) is 5.91 Å². The number of benzene rings is 2. The van der Waals surface area contributed by atoms with Crippen LogP contribution in [0.5, 0.6) is 5.75 Å². The fourth-order valence-electron chi connectivity index (χ4n) is 2.70. The Morgan fingerprint density at radius 2 is 1.88 bits per heavy atom. The lowest BCUT2D eigenvalue weighted by molar-refractivity contribution is -0.127. The van der Waals surface area contributed by atoms with E-state index in [1.807, 2.05) is 49.4 Å². The second kappa shape index (κ2) is 7.17. The molecule has 0 spiro atoms. The van der Waals surface area contributed by atoms with Crippen molar-refractivity contribution < 1.29 is 14.3 Å². The predicted molar refractivity (Wildman–Crippen MR) is 92.0 cm³/mol. The predicted octanol–water partition coefficient (Wildman–Crippen LogP) is 2.30. The summed E-state index contributed by atoms with van der Waals surface area (Å²) in [6, 6.07) is 16.4. The third kappa shape index (κ3) is 3.74. The summed E-state index contributed by atoms with van der Waals surface area (Å²) < 4.78 is 5.40. The fraction of sp³-hybridized carbons (Fsp3) is 0.263. The van der Waals surface area contributed by atoms with Gasteiger partial charge in [-0.05, 0) is 37.6 Å². The van der Waals surface area contributed by atoms with Gasteiger partial charge in [0.05, 0.1) is 0 Å². The first-order valence-corrected chi connectivity index (χ1v) is 7.99. The lowest BCUT2D eigenvalue weighted by Crippen LogP contribution is -2.43. The number of nitrogens with zero attached hydrogens (tertiary/aromatic N) is 1. The highest BCUT2D eigenvalue weighted by Gasteiger charge is 2.33. The molecule has 5 heteroatoms. The van der Waals surface area contributed by atoms with E-state index in [-0.39, 0.29) is 18.4 Å². The number of amides is 2. The van der Waals surface area contributed by atoms with Crippen LogP contribution in [0.3, 0.4) is 0 Å². The van der Waals surface area contributed by atoms with Crippen LogP contribution < -0.4 is 15.0 Å². The summed E-state index contributed by atoms with van der Waals surface area (Å²) in [5.74, 6) is 0.265. The molecule has 0 aromatic heterocycles. The molecule has 1 aliphatic rings. The van der Waals surface area contributed by atoms with E-state index in [1.54, 1.807) is 17.0 Å². The van der Waals surface area contributed by atoms with Gasteiger partial charge >= 0.3 is 0 Å². The van der Waals surface area contributed by atoms with E-state index < -0.39 is 6.04 Å². The summed E-state index contributed by atoms with van der Waals surface area (Å²) in [5.41, 5.74) is 2.01. The van der Waals surface area contributed by atoms with Gasteiger partial charge in [-0.15, -0.1) is 0 Å². The Balaban J connectivity index is 1.53. The molecule has 2 amide bonds. The van der Waals surface area contributed by atoms with E-state index in [9.17, 15) is 9.59 Å². The number of anilines is 1. The van der Waals surface area contributed by atoms with Crippen molar-refractivity contribution in [3.8, 4) is 5.75 Å². The highest BCUT2D eigenvalue weighted by molar-refractivity contribution is 6.01. The van der Waals surface area contributed by atoms with Crippen LogP contribution in [0.1, 0.15) is 12.0 Å². The number of rotatable bonds is 5. The molecule has 0 unspecified atom stereocenters. The minimum atomic E-state index is -0.488. The van der Waals surface area contributed by atoms with Gasteiger partial charge in [0.1, 0.15) is 11.8 Å². The van der Waals surface area contributed by atoms with E-state index in [4.69, 9.17) is 4.74 Å². The first-order valence-electron chi connectivity index (χ1n) is 7.99. The highest BCUT2D eigenvalue weighted by atomic mass is 16.5. The van der Waals surface area contributed by atoms with Gasteiger partial charge < -0.3 is 15.0 Å². The van der Waals surface area contributed by atoms with E-state index in [0.29, 0.717) is 18.7 Å². The second-order valence-electron chi connectivity index (χ2n) is 5.84. The average Bonchev–Trinajstić information content (AvgIpc) is 2.95. The molecule has 1 atom stereocenters. The topological polar surface area (TPSA) is 58.6 Å². The number of hydrogen-bond donors (Lipinski definition) is 1. The normalized spacial score (nSPS) is 17.0. The van der Waals surface area contributed by atoms with E-state index >= 15 is 0 Å². The van der Waals surface area contributed by atoms with Gasteiger partial charge in [0.15, 0.2) is 6.61 Å². The standard InChI is InChI=1S/C19H20N2O3/c1-14-7-9-15(10-8-14)21-12-11-17(19(21)23)20-18(22)13-24-16-5-3-2-4-6-16/h2-10,17H,11-13H2,1H3,(H,20,22)/t17-/m0/s1. The molecule has 0 radical (unpaired) electrons. The maximum atomic E-state index is 12.5. The van der Waals surface area contributed by atoms with Crippen LogP contribution in [-0.4, -0.2) is 31.0 Å². The molecule has 2 aromatic carbocycles. The summed E-state index contributed by atoms with van der Waals surface area (Å²) in [4.78, 5) is 26.2. The van der Waals surface area contributed by atoms with Crippen molar-refractivity contribution in [2.75, 3.05) is 18.1 Å². The van der Waals surface area contributed by atoms with Crippen LogP contribution in [-0.2, 0) is 9.59 Å². The summed E-state index contributed by atoms with van der Waals surface area (Å²) in [6.07, 6.45) is 0.601. The second-order valence-corrected chi connectivity index (χ2v) is 5.84. The summed E-state index contributed by atoms with van der Waals surface area (Å²) in [5, 5.41) is 2.75. The first kappa shape index (κ1) is 16.1. The third-order valence-electron chi connectivity index (χ3n) is 4.00. The van der Waals surface area contributed by atoms with Gasteiger partial charge in [0.2, 0.25) is 5.91 Å². The number of ether oxygens (including phenoxy) is 1. The number of aryl methyl sites for hydroxylation is 1. The number of para-hydroxylation sites is 1. The van der Waals surface area contributed by atoms with Gasteiger partial charge in [-0.2, -0.15) is 0 Å². The molecule has 3 rings (SSSR count). The molecular formula is C19H20N2O3. The molecule has 1 saturated heterocycles. The zero-order chi connectivity index (χ0) is 16.9. The van der Waals surface area contributed by atoms with Crippen molar-refractivity contribution in [3.05, 3.63) is 60.2 Å². The van der Waals surface area contributed by atoms with Gasteiger partial charge in [-0.1, -0.05) is 35.9 Å². The first-order chi connectivity index (χ1) is 11.6. The minimum absolute atomic E-state index is 0.0769. The van der Waals surface area contributed by atoms with Gasteiger partial charge in [-0.3, -0.25) is 9.59 Å². The van der Waals surface area contributed by atoms with Crippen LogP contribution in [0.2, 0.25) is 0 Å². The molecule has 0 aliphatic carbocycles. The highest BCUT2D eigenvalue weighted by Crippen LogP contribution is 2.22. The lowest BCUT2D eigenvalue weighted by Gasteiger charge is -2.17. The molecule has 2 aromatic rings. The van der Waals surface area contributed by atoms with E-state index in [2.05, 4.69) is 5.32 Å². The van der Waals surface area contributed by atoms with Crippen molar-refractivity contribution in [2.24, 2.45) is 0 Å². The lowest BCUT2D eigenvalue weighted by atomic mass is 10.2. The van der Waals surface area contributed by atoms with Crippen LogP contribution >= 0.6 is 0 Å². The molecule has 1 fully saturated rings. The third-order valence-corrected chi connectivity index (χ3v) is 4.00.